The van der Waals surface area contributed by atoms with Crippen molar-refractivity contribution in [3.05, 3.63) is 52.2 Å². The fourth-order valence-corrected chi connectivity index (χ4v) is 2.30. The van der Waals surface area contributed by atoms with Gasteiger partial charge in [0.15, 0.2) is 0 Å². The lowest BCUT2D eigenvalue weighted by Crippen LogP contribution is -2.01. The number of hydrogen-bond acceptors (Lipinski definition) is 3. The third kappa shape index (κ3) is 4.45. The zero-order valence-corrected chi connectivity index (χ0v) is 11.7. The van der Waals surface area contributed by atoms with Crippen molar-refractivity contribution in [3.8, 4) is 11.8 Å². The minimum Gasteiger partial charge on any atom is -0.478 e. The standard InChI is InChI=1S/C16H15NO2S/c18-16(19)13-7-9-14(10-8-13)17-11-3-1-2-5-15-6-4-12-20-15/h4,6-10,12,17H,3,5,11H2,(H,18,19). The number of nitrogens with one attached hydrogen (secondary N) is 1. The lowest BCUT2D eigenvalue weighted by atomic mass is 10.2. The molecule has 0 aliphatic rings. The van der Waals surface area contributed by atoms with Crippen molar-refractivity contribution in [2.24, 2.45) is 0 Å². The van der Waals surface area contributed by atoms with Gasteiger partial charge in [-0.25, -0.2) is 4.79 Å². The van der Waals surface area contributed by atoms with Gasteiger partial charge in [0.2, 0.25) is 0 Å². The summed E-state index contributed by atoms with van der Waals surface area (Å²) in [7, 11) is 0. The molecule has 3 nitrogen and oxygen atoms in total. The number of carboxylic acid groups (broad SMARTS) is 1. The molecule has 1 aromatic heterocycles. The van der Waals surface area contributed by atoms with Gasteiger partial charge in [0.05, 0.1) is 5.56 Å². The van der Waals surface area contributed by atoms with Gasteiger partial charge in [-0.3, -0.25) is 0 Å². The van der Waals surface area contributed by atoms with Crippen molar-refractivity contribution in [1.82, 2.24) is 0 Å². The molecule has 2 aromatic rings. The van der Waals surface area contributed by atoms with E-state index in [1.165, 1.54) is 4.88 Å². The highest BCUT2D eigenvalue weighted by Crippen LogP contribution is 2.09. The monoisotopic (exact) mass is 285 g/mol. The van der Waals surface area contributed by atoms with E-state index in [9.17, 15) is 4.79 Å². The second kappa shape index (κ2) is 7.37. The first-order valence-electron chi connectivity index (χ1n) is 6.31. The van der Waals surface area contributed by atoms with Crippen LogP contribution in [0.25, 0.3) is 0 Å². The van der Waals surface area contributed by atoms with Crippen LogP contribution in [0.5, 0.6) is 0 Å². The Kier molecular flexibility index (Phi) is 5.22. The largest absolute Gasteiger partial charge is 0.478 e. The van der Waals surface area contributed by atoms with Gasteiger partial charge in [-0.2, -0.15) is 0 Å². The lowest BCUT2D eigenvalue weighted by molar-refractivity contribution is 0.0697. The summed E-state index contributed by atoms with van der Waals surface area (Å²) in [6.07, 6.45) is 1.58. The predicted molar refractivity (Wildman–Crippen MR) is 82.3 cm³/mol. The number of carboxylic acids is 1. The van der Waals surface area contributed by atoms with Crippen molar-refractivity contribution in [3.63, 3.8) is 0 Å². The molecule has 0 saturated heterocycles. The number of anilines is 1. The molecule has 4 heteroatoms. The Balaban J connectivity index is 1.70. The molecule has 0 aliphatic heterocycles. The van der Waals surface area contributed by atoms with Gasteiger partial charge in [0.1, 0.15) is 0 Å². The van der Waals surface area contributed by atoms with Crippen molar-refractivity contribution >= 4 is 23.0 Å². The Hall–Kier alpha value is -2.25. The number of thiophene rings is 1. The summed E-state index contributed by atoms with van der Waals surface area (Å²) in [5, 5.41) is 14.1. The Morgan fingerprint density at radius 3 is 2.65 bits per heavy atom. The predicted octanol–water partition coefficient (Wildman–Crippen LogP) is 3.49. The normalized spacial score (nSPS) is 9.60. The van der Waals surface area contributed by atoms with E-state index in [0.29, 0.717) is 5.56 Å². The zero-order valence-electron chi connectivity index (χ0n) is 10.9. The van der Waals surface area contributed by atoms with Gasteiger partial charge >= 0.3 is 5.97 Å². The van der Waals surface area contributed by atoms with Crippen LogP contribution in [-0.4, -0.2) is 17.6 Å². The number of carbonyl (C=O) groups is 1. The molecular formula is C16H15NO2S. The van der Waals surface area contributed by atoms with E-state index in [-0.39, 0.29) is 0 Å². The van der Waals surface area contributed by atoms with Crippen LogP contribution in [0.15, 0.2) is 41.8 Å². The number of benzene rings is 1. The zero-order chi connectivity index (χ0) is 14.2. The molecule has 0 aliphatic carbocycles. The smallest absolute Gasteiger partial charge is 0.335 e. The molecule has 102 valence electrons. The van der Waals surface area contributed by atoms with Crippen LogP contribution in [0.1, 0.15) is 21.7 Å². The van der Waals surface area contributed by atoms with E-state index >= 15 is 0 Å². The van der Waals surface area contributed by atoms with Gasteiger partial charge in [-0.05, 0) is 35.7 Å². The summed E-state index contributed by atoms with van der Waals surface area (Å²) in [5.74, 6) is 5.36. The molecule has 0 radical (unpaired) electrons. The van der Waals surface area contributed by atoms with Crippen LogP contribution in [0.2, 0.25) is 0 Å². The van der Waals surface area contributed by atoms with E-state index < -0.39 is 5.97 Å². The molecule has 0 spiro atoms. The van der Waals surface area contributed by atoms with Crippen LogP contribution >= 0.6 is 11.3 Å². The quantitative estimate of drug-likeness (QED) is 0.653. The summed E-state index contributed by atoms with van der Waals surface area (Å²) in [6, 6.07) is 10.8. The van der Waals surface area contributed by atoms with Crippen molar-refractivity contribution < 1.29 is 9.90 Å². The molecule has 20 heavy (non-hydrogen) atoms. The molecule has 0 unspecified atom stereocenters. The highest BCUT2D eigenvalue weighted by atomic mass is 32.1. The molecule has 1 aromatic carbocycles. The number of aromatic carboxylic acids is 1. The van der Waals surface area contributed by atoms with E-state index in [0.717, 1.165) is 25.1 Å². The highest BCUT2D eigenvalue weighted by Gasteiger charge is 2.00. The van der Waals surface area contributed by atoms with Crippen LogP contribution in [0, 0.1) is 11.8 Å². The van der Waals surface area contributed by atoms with E-state index in [2.05, 4.69) is 28.6 Å². The highest BCUT2D eigenvalue weighted by molar-refractivity contribution is 7.09. The van der Waals surface area contributed by atoms with Gasteiger partial charge in [0, 0.05) is 30.0 Å². The minimum absolute atomic E-state index is 0.297. The van der Waals surface area contributed by atoms with E-state index in [4.69, 9.17) is 5.11 Å². The summed E-state index contributed by atoms with van der Waals surface area (Å²) < 4.78 is 0. The summed E-state index contributed by atoms with van der Waals surface area (Å²) in [6.45, 7) is 0.754. The third-order valence-corrected chi connectivity index (χ3v) is 3.56. The van der Waals surface area contributed by atoms with Crippen LogP contribution in [0.4, 0.5) is 5.69 Å². The molecular weight excluding hydrogens is 270 g/mol. The SMILES string of the molecule is O=C(O)c1ccc(NCCC#CCc2cccs2)cc1. The minimum atomic E-state index is -0.906. The van der Waals surface area contributed by atoms with Crippen molar-refractivity contribution in [2.45, 2.75) is 12.8 Å². The summed E-state index contributed by atoms with van der Waals surface area (Å²) in [4.78, 5) is 12.0. The Bertz CT molecular complexity index is 606. The first-order valence-corrected chi connectivity index (χ1v) is 7.19. The average Bonchev–Trinajstić information content (AvgIpc) is 2.96. The van der Waals surface area contributed by atoms with Crippen molar-refractivity contribution in [1.29, 1.82) is 0 Å². The second-order valence-corrected chi connectivity index (χ2v) is 5.20. The Morgan fingerprint density at radius 1 is 1.20 bits per heavy atom. The van der Waals surface area contributed by atoms with Crippen LogP contribution < -0.4 is 5.32 Å². The van der Waals surface area contributed by atoms with E-state index in [1.807, 2.05) is 6.07 Å². The fraction of sp³-hybridized carbons (Fsp3) is 0.188. The van der Waals surface area contributed by atoms with E-state index in [1.54, 1.807) is 35.6 Å². The maximum atomic E-state index is 10.7. The van der Waals surface area contributed by atoms with Gasteiger partial charge < -0.3 is 10.4 Å². The maximum absolute atomic E-state index is 10.7. The molecule has 2 rings (SSSR count). The topological polar surface area (TPSA) is 49.3 Å². The van der Waals surface area contributed by atoms with Crippen LogP contribution in [-0.2, 0) is 6.42 Å². The Labute approximate surface area is 122 Å². The number of rotatable bonds is 5. The first-order chi connectivity index (χ1) is 9.75. The average molecular weight is 285 g/mol. The molecule has 2 N–H and O–H groups in total. The number of hydrogen-bond donors (Lipinski definition) is 2. The summed E-state index contributed by atoms with van der Waals surface area (Å²) >= 11 is 1.72. The van der Waals surface area contributed by atoms with Gasteiger partial charge in [0.25, 0.3) is 0 Å². The molecule has 0 saturated carbocycles. The lowest BCUT2D eigenvalue weighted by Gasteiger charge is -2.03. The van der Waals surface area contributed by atoms with Gasteiger partial charge in [-0.1, -0.05) is 12.0 Å². The van der Waals surface area contributed by atoms with Gasteiger partial charge in [-0.15, -0.1) is 17.3 Å². The molecule has 0 fully saturated rings. The molecule has 1 heterocycles. The van der Waals surface area contributed by atoms with Crippen molar-refractivity contribution in [2.75, 3.05) is 11.9 Å². The molecule has 0 bridgehead atoms. The molecule has 0 atom stereocenters. The third-order valence-electron chi connectivity index (χ3n) is 2.68. The second-order valence-electron chi connectivity index (χ2n) is 4.17. The maximum Gasteiger partial charge on any atom is 0.335 e. The molecule has 0 amide bonds. The van der Waals surface area contributed by atoms with Crippen LogP contribution in [0.3, 0.4) is 0 Å². The summed E-state index contributed by atoms with van der Waals surface area (Å²) in [5.41, 5.74) is 1.21. The Morgan fingerprint density at radius 2 is 2.00 bits per heavy atom. The first kappa shape index (κ1) is 14.2. The fourth-order valence-electron chi connectivity index (χ4n) is 1.65.